The van der Waals surface area contributed by atoms with Crippen LogP contribution >= 0.6 is 0 Å². The molecular formula is C11H13NO2. The molecule has 0 N–H and O–H groups in total. The fourth-order valence-corrected chi connectivity index (χ4v) is 1.14. The Morgan fingerprint density at radius 2 is 2.00 bits per heavy atom. The van der Waals surface area contributed by atoms with Crippen LogP contribution in [0.15, 0.2) is 30.0 Å². The molecule has 1 aromatic rings. The van der Waals surface area contributed by atoms with Gasteiger partial charge >= 0.3 is 0 Å². The molecule has 0 heterocycles. The van der Waals surface area contributed by atoms with E-state index in [2.05, 4.69) is 6.92 Å². The van der Waals surface area contributed by atoms with Gasteiger partial charge in [0, 0.05) is 13.0 Å². The molecule has 0 bridgehead atoms. The predicted molar refractivity (Wildman–Crippen MR) is 56.5 cm³/mol. The highest BCUT2D eigenvalue weighted by atomic mass is 16.6. The Kier molecular flexibility index (Phi) is 3.40. The van der Waals surface area contributed by atoms with Gasteiger partial charge in [0.2, 0.25) is 5.70 Å². The van der Waals surface area contributed by atoms with Crippen LogP contribution in [0.25, 0.3) is 6.08 Å². The van der Waals surface area contributed by atoms with Crippen LogP contribution in [-0.4, -0.2) is 4.92 Å². The molecule has 0 unspecified atom stereocenters. The van der Waals surface area contributed by atoms with Crippen LogP contribution in [0.4, 0.5) is 0 Å². The number of allylic oxidation sites excluding steroid dienone is 1. The maximum atomic E-state index is 10.4. The van der Waals surface area contributed by atoms with Gasteiger partial charge in [-0.3, -0.25) is 10.1 Å². The van der Waals surface area contributed by atoms with E-state index in [1.807, 2.05) is 24.3 Å². The van der Waals surface area contributed by atoms with Gasteiger partial charge in [0.1, 0.15) is 0 Å². The second kappa shape index (κ2) is 4.56. The topological polar surface area (TPSA) is 43.1 Å². The number of nitro groups is 1. The molecule has 0 aliphatic carbocycles. The predicted octanol–water partition coefficient (Wildman–Crippen LogP) is 2.89. The third kappa shape index (κ3) is 2.69. The van der Waals surface area contributed by atoms with Crippen molar-refractivity contribution in [3.63, 3.8) is 0 Å². The summed E-state index contributed by atoms with van der Waals surface area (Å²) < 4.78 is 0. The molecule has 74 valence electrons. The summed E-state index contributed by atoms with van der Waals surface area (Å²) in [4.78, 5) is 9.98. The van der Waals surface area contributed by atoms with Gasteiger partial charge in [0.05, 0.1) is 4.92 Å². The van der Waals surface area contributed by atoms with Crippen molar-refractivity contribution in [1.29, 1.82) is 0 Å². The van der Waals surface area contributed by atoms with Crippen LogP contribution in [0.3, 0.4) is 0 Å². The fraction of sp³-hybridized carbons (Fsp3) is 0.273. The van der Waals surface area contributed by atoms with Crippen LogP contribution in [0, 0.1) is 10.1 Å². The first-order chi connectivity index (χ1) is 6.63. The lowest BCUT2D eigenvalue weighted by Gasteiger charge is -1.97. The largest absolute Gasteiger partial charge is 0.259 e. The van der Waals surface area contributed by atoms with Gasteiger partial charge in [-0.15, -0.1) is 0 Å². The zero-order chi connectivity index (χ0) is 10.6. The molecule has 0 aliphatic heterocycles. The van der Waals surface area contributed by atoms with E-state index in [1.165, 1.54) is 12.5 Å². The van der Waals surface area contributed by atoms with Gasteiger partial charge in [-0.1, -0.05) is 31.2 Å². The van der Waals surface area contributed by atoms with Gasteiger partial charge in [-0.25, -0.2) is 0 Å². The third-order valence-electron chi connectivity index (χ3n) is 2.05. The van der Waals surface area contributed by atoms with Crippen LogP contribution in [0.2, 0.25) is 0 Å². The monoisotopic (exact) mass is 191 g/mol. The molecular weight excluding hydrogens is 178 g/mol. The molecule has 1 aromatic carbocycles. The van der Waals surface area contributed by atoms with Crippen LogP contribution in [0.1, 0.15) is 25.0 Å². The number of benzene rings is 1. The van der Waals surface area contributed by atoms with E-state index in [9.17, 15) is 10.1 Å². The van der Waals surface area contributed by atoms with Gasteiger partial charge in [0.25, 0.3) is 0 Å². The smallest absolute Gasteiger partial charge is 0.243 e. The Hall–Kier alpha value is -1.64. The summed E-state index contributed by atoms with van der Waals surface area (Å²) in [5.74, 6) is 0. The molecule has 0 atom stereocenters. The standard InChI is InChI=1S/C11H13NO2/c1-3-10-4-6-11(7-5-10)8-9(2)12(13)14/h4-8H,3H2,1-2H3/b9-8+. The van der Waals surface area contributed by atoms with Gasteiger partial charge in [-0.05, 0) is 17.5 Å². The molecule has 0 saturated heterocycles. The Bertz CT molecular complexity index is 352. The van der Waals surface area contributed by atoms with Crippen molar-refractivity contribution in [3.05, 3.63) is 51.2 Å². The number of aryl methyl sites for hydroxylation is 1. The minimum atomic E-state index is -0.381. The third-order valence-corrected chi connectivity index (χ3v) is 2.05. The summed E-state index contributed by atoms with van der Waals surface area (Å²) in [7, 11) is 0. The highest BCUT2D eigenvalue weighted by Crippen LogP contribution is 2.09. The molecule has 0 spiro atoms. The number of hydrogen-bond acceptors (Lipinski definition) is 2. The first-order valence-electron chi connectivity index (χ1n) is 4.55. The van der Waals surface area contributed by atoms with E-state index in [0.717, 1.165) is 12.0 Å². The minimum Gasteiger partial charge on any atom is -0.259 e. The maximum absolute atomic E-state index is 10.4. The zero-order valence-corrected chi connectivity index (χ0v) is 8.36. The van der Waals surface area contributed by atoms with Gasteiger partial charge < -0.3 is 0 Å². The molecule has 0 amide bonds. The highest BCUT2D eigenvalue weighted by Gasteiger charge is 2.01. The van der Waals surface area contributed by atoms with Crippen molar-refractivity contribution < 1.29 is 4.92 Å². The molecule has 1 rings (SSSR count). The lowest BCUT2D eigenvalue weighted by molar-refractivity contribution is -0.422. The molecule has 0 saturated carbocycles. The first kappa shape index (κ1) is 10.4. The Morgan fingerprint density at radius 1 is 1.43 bits per heavy atom. The number of rotatable bonds is 3. The Balaban J connectivity index is 2.88. The van der Waals surface area contributed by atoms with Crippen molar-refractivity contribution in [1.82, 2.24) is 0 Å². The van der Waals surface area contributed by atoms with E-state index in [4.69, 9.17) is 0 Å². The lowest BCUT2D eigenvalue weighted by atomic mass is 10.1. The van der Waals surface area contributed by atoms with Gasteiger partial charge in [-0.2, -0.15) is 0 Å². The van der Waals surface area contributed by atoms with E-state index in [1.54, 1.807) is 6.08 Å². The molecule has 0 fully saturated rings. The van der Waals surface area contributed by atoms with E-state index >= 15 is 0 Å². The molecule has 0 radical (unpaired) electrons. The summed E-state index contributed by atoms with van der Waals surface area (Å²) in [6.07, 6.45) is 2.55. The van der Waals surface area contributed by atoms with Crippen molar-refractivity contribution in [2.24, 2.45) is 0 Å². The van der Waals surface area contributed by atoms with Crippen molar-refractivity contribution in [2.75, 3.05) is 0 Å². The molecule has 14 heavy (non-hydrogen) atoms. The summed E-state index contributed by atoms with van der Waals surface area (Å²) >= 11 is 0. The quantitative estimate of drug-likeness (QED) is 0.544. The highest BCUT2D eigenvalue weighted by molar-refractivity contribution is 5.50. The van der Waals surface area contributed by atoms with Crippen LogP contribution in [-0.2, 0) is 6.42 Å². The summed E-state index contributed by atoms with van der Waals surface area (Å²) in [6, 6.07) is 7.76. The Morgan fingerprint density at radius 3 is 2.43 bits per heavy atom. The van der Waals surface area contributed by atoms with Crippen LogP contribution in [0.5, 0.6) is 0 Å². The summed E-state index contributed by atoms with van der Waals surface area (Å²) in [5, 5.41) is 10.4. The second-order valence-electron chi connectivity index (χ2n) is 3.14. The van der Waals surface area contributed by atoms with Gasteiger partial charge in [0.15, 0.2) is 0 Å². The summed E-state index contributed by atoms with van der Waals surface area (Å²) in [6.45, 7) is 3.57. The molecule has 0 aromatic heterocycles. The Labute approximate surface area is 83.2 Å². The summed E-state index contributed by atoms with van der Waals surface area (Å²) in [5.41, 5.74) is 2.27. The number of hydrogen-bond donors (Lipinski definition) is 0. The minimum absolute atomic E-state index is 0.161. The SMILES string of the molecule is CCc1ccc(/C=C(\C)[N+](=O)[O-])cc1. The van der Waals surface area contributed by atoms with E-state index in [0.29, 0.717) is 0 Å². The molecule has 0 aliphatic rings. The fourth-order valence-electron chi connectivity index (χ4n) is 1.14. The van der Waals surface area contributed by atoms with Crippen molar-refractivity contribution in [3.8, 4) is 0 Å². The second-order valence-corrected chi connectivity index (χ2v) is 3.14. The van der Waals surface area contributed by atoms with E-state index in [-0.39, 0.29) is 10.6 Å². The zero-order valence-electron chi connectivity index (χ0n) is 8.36. The average Bonchev–Trinajstić information content (AvgIpc) is 2.19. The van der Waals surface area contributed by atoms with E-state index < -0.39 is 0 Å². The average molecular weight is 191 g/mol. The molecule has 3 heteroatoms. The number of nitrogens with zero attached hydrogens (tertiary/aromatic N) is 1. The van der Waals surface area contributed by atoms with Crippen molar-refractivity contribution >= 4 is 6.08 Å². The molecule has 3 nitrogen and oxygen atoms in total. The maximum Gasteiger partial charge on any atom is 0.243 e. The normalized spacial score (nSPS) is 11.4. The first-order valence-corrected chi connectivity index (χ1v) is 4.55. The van der Waals surface area contributed by atoms with Crippen LogP contribution < -0.4 is 0 Å². The van der Waals surface area contributed by atoms with Crippen molar-refractivity contribution in [2.45, 2.75) is 20.3 Å². The lowest BCUT2D eigenvalue weighted by Crippen LogP contribution is -1.92.